The highest BCUT2D eigenvalue weighted by atomic mass is 16.5. The first-order chi connectivity index (χ1) is 14.6. The van der Waals surface area contributed by atoms with Crippen molar-refractivity contribution in [2.45, 2.75) is 20.1 Å². The lowest BCUT2D eigenvalue weighted by Crippen LogP contribution is -2.31. The normalized spacial score (nSPS) is 10.4. The summed E-state index contributed by atoms with van der Waals surface area (Å²) >= 11 is 0. The number of rotatable bonds is 9. The van der Waals surface area contributed by atoms with Crippen LogP contribution in [0.3, 0.4) is 0 Å². The summed E-state index contributed by atoms with van der Waals surface area (Å²) in [5, 5.41) is 0. The van der Waals surface area contributed by atoms with E-state index < -0.39 is 0 Å². The van der Waals surface area contributed by atoms with Crippen molar-refractivity contribution in [2.24, 2.45) is 0 Å². The van der Waals surface area contributed by atoms with E-state index in [0.717, 1.165) is 22.4 Å². The third-order valence-corrected chi connectivity index (χ3v) is 4.76. The van der Waals surface area contributed by atoms with Crippen molar-refractivity contribution in [3.8, 4) is 17.2 Å². The van der Waals surface area contributed by atoms with Gasteiger partial charge in [-0.05, 0) is 41.8 Å². The summed E-state index contributed by atoms with van der Waals surface area (Å²) in [6.45, 7) is 2.87. The molecule has 0 unspecified atom stereocenters. The molecule has 0 radical (unpaired) electrons. The molecule has 0 N–H and O–H groups in total. The van der Waals surface area contributed by atoms with E-state index in [4.69, 9.17) is 14.2 Å². The van der Waals surface area contributed by atoms with Crippen LogP contribution in [0, 0.1) is 6.92 Å². The number of ether oxygens (including phenoxy) is 3. The fraction of sp³-hybridized carbons (Fsp3) is 0.240. The Morgan fingerprint density at radius 3 is 2.30 bits per heavy atom. The van der Waals surface area contributed by atoms with Crippen molar-refractivity contribution in [1.29, 1.82) is 0 Å². The lowest BCUT2D eigenvalue weighted by molar-refractivity contribution is -0.132. The zero-order valence-electron chi connectivity index (χ0n) is 17.6. The summed E-state index contributed by atoms with van der Waals surface area (Å²) in [5.41, 5.74) is 3.04. The molecule has 0 aliphatic carbocycles. The number of benzene rings is 3. The van der Waals surface area contributed by atoms with Gasteiger partial charge >= 0.3 is 0 Å². The average Bonchev–Trinajstić information content (AvgIpc) is 2.78. The van der Waals surface area contributed by atoms with Crippen molar-refractivity contribution in [3.05, 3.63) is 89.5 Å². The molecule has 0 aliphatic heterocycles. The summed E-state index contributed by atoms with van der Waals surface area (Å²) < 4.78 is 17.0. The number of methoxy groups -OCH3 is 1. The molecular weight excluding hydrogens is 378 g/mol. The fourth-order valence-electron chi connectivity index (χ4n) is 3.00. The largest absolute Gasteiger partial charge is 0.493 e. The number of carbonyl (C=O) groups is 1. The average molecular weight is 405 g/mol. The van der Waals surface area contributed by atoms with Gasteiger partial charge in [0, 0.05) is 13.6 Å². The maximum absolute atomic E-state index is 12.5. The number of carbonyl (C=O) groups excluding carboxylic acids is 1. The lowest BCUT2D eigenvalue weighted by Gasteiger charge is -2.19. The first-order valence-electron chi connectivity index (χ1n) is 9.83. The molecule has 5 heteroatoms. The van der Waals surface area contributed by atoms with Gasteiger partial charge in [-0.2, -0.15) is 0 Å². The zero-order valence-corrected chi connectivity index (χ0v) is 17.6. The highest BCUT2D eigenvalue weighted by Gasteiger charge is 2.13. The minimum atomic E-state index is -0.0957. The molecule has 0 heterocycles. The van der Waals surface area contributed by atoms with Crippen LogP contribution < -0.4 is 14.2 Å². The second-order valence-corrected chi connectivity index (χ2v) is 7.06. The number of amides is 1. The first-order valence-corrected chi connectivity index (χ1v) is 9.83. The monoisotopic (exact) mass is 405 g/mol. The van der Waals surface area contributed by atoms with Crippen LogP contribution >= 0.6 is 0 Å². The maximum atomic E-state index is 12.5. The molecule has 5 nitrogen and oxygen atoms in total. The lowest BCUT2D eigenvalue weighted by atomic mass is 10.2. The van der Waals surface area contributed by atoms with Crippen molar-refractivity contribution in [1.82, 2.24) is 4.90 Å². The molecule has 0 fully saturated rings. The predicted molar refractivity (Wildman–Crippen MR) is 117 cm³/mol. The van der Waals surface area contributed by atoms with E-state index in [2.05, 4.69) is 0 Å². The quantitative estimate of drug-likeness (QED) is 0.521. The topological polar surface area (TPSA) is 48.0 Å². The maximum Gasteiger partial charge on any atom is 0.260 e. The molecule has 0 aliphatic rings. The summed E-state index contributed by atoms with van der Waals surface area (Å²) in [4.78, 5) is 14.1. The van der Waals surface area contributed by atoms with E-state index in [1.807, 2.05) is 79.7 Å². The van der Waals surface area contributed by atoms with Gasteiger partial charge in [0.05, 0.1) is 7.11 Å². The van der Waals surface area contributed by atoms with Crippen LogP contribution in [0.2, 0.25) is 0 Å². The van der Waals surface area contributed by atoms with Crippen molar-refractivity contribution in [2.75, 3.05) is 20.8 Å². The molecular formula is C25H27NO4. The smallest absolute Gasteiger partial charge is 0.260 e. The summed E-state index contributed by atoms with van der Waals surface area (Å²) in [7, 11) is 3.37. The van der Waals surface area contributed by atoms with Crippen molar-refractivity contribution in [3.63, 3.8) is 0 Å². The van der Waals surface area contributed by atoms with E-state index in [-0.39, 0.29) is 12.5 Å². The summed E-state index contributed by atoms with van der Waals surface area (Å²) in [6, 6.07) is 23.3. The molecule has 0 saturated carbocycles. The van der Waals surface area contributed by atoms with E-state index in [9.17, 15) is 4.79 Å². The molecule has 1 amide bonds. The van der Waals surface area contributed by atoms with E-state index in [1.54, 1.807) is 19.1 Å². The summed E-state index contributed by atoms with van der Waals surface area (Å²) in [6.07, 6.45) is 0. The molecule has 0 atom stereocenters. The summed E-state index contributed by atoms with van der Waals surface area (Å²) in [5.74, 6) is 1.94. The second-order valence-electron chi connectivity index (χ2n) is 7.06. The van der Waals surface area contributed by atoms with Gasteiger partial charge in [-0.15, -0.1) is 0 Å². The second kappa shape index (κ2) is 10.3. The van der Waals surface area contributed by atoms with Crippen LogP contribution in [-0.4, -0.2) is 31.6 Å². The van der Waals surface area contributed by atoms with Gasteiger partial charge in [0.2, 0.25) is 0 Å². The minimum absolute atomic E-state index is 0.00322. The molecule has 156 valence electrons. The Balaban J connectivity index is 1.57. The molecule has 3 aromatic carbocycles. The first kappa shape index (κ1) is 21.2. The Kier molecular flexibility index (Phi) is 7.33. The highest BCUT2D eigenvalue weighted by Crippen LogP contribution is 2.29. The number of likely N-dealkylation sites (N-methyl/N-ethyl adjacent to an activating group) is 1. The van der Waals surface area contributed by atoms with Gasteiger partial charge in [-0.3, -0.25) is 4.79 Å². The Morgan fingerprint density at radius 1 is 0.833 bits per heavy atom. The Labute approximate surface area is 177 Å². The van der Waals surface area contributed by atoms with Gasteiger partial charge in [-0.25, -0.2) is 0 Å². The molecule has 30 heavy (non-hydrogen) atoms. The Hall–Kier alpha value is -3.47. The van der Waals surface area contributed by atoms with Crippen LogP contribution in [0.1, 0.15) is 16.7 Å². The van der Waals surface area contributed by atoms with Crippen LogP contribution in [0.5, 0.6) is 17.2 Å². The van der Waals surface area contributed by atoms with Crippen LogP contribution in [0.15, 0.2) is 72.8 Å². The van der Waals surface area contributed by atoms with Gasteiger partial charge in [0.1, 0.15) is 12.4 Å². The van der Waals surface area contributed by atoms with E-state index in [1.165, 1.54) is 0 Å². The van der Waals surface area contributed by atoms with E-state index in [0.29, 0.717) is 24.7 Å². The molecule has 3 rings (SSSR count). The number of nitrogens with zero attached hydrogens (tertiary/aromatic N) is 1. The molecule has 0 bridgehead atoms. The van der Waals surface area contributed by atoms with Gasteiger partial charge in [0.25, 0.3) is 5.91 Å². The number of aryl methyl sites for hydroxylation is 1. The van der Waals surface area contributed by atoms with Crippen molar-refractivity contribution >= 4 is 5.91 Å². The van der Waals surface area contributed by atoms with Crippen LogP contribution in [-0.2, 0) is 17.9 Å². The standard InChI is InChI=1S/C25H27NO4/c1-19-9-7-8-12-22(19)30-18-25(27)26(2)16-21-13-14-23(24(15-21)28-3)29-17-20-10-5-4-6-11-20/h4-15H,16-18H2,1-3H3. The third kappa shape index (κ3) is 5.77. The minimum Gasteiger partial charge on any atom is -0.493 e. The third-order valence-electron chi connectivity index (χ3n) is 4.76. The number of hydrogen-bond acceptors (Lipinski definition) is 4. The fourth-order valence-corrected chi connectivity index (χ4v) is 3.00. The molecule has 0 saturated heterocycles. The zero-order chi connectivity index (χ0) is 21.3. The van der Waals surface area contributed by atoms with Gasteiger partial charge < -0.3 is 19.1 Å². The molecule has 0 aromatic heterocycles. The molecule has 0 spiro atoms. The predicted octanol–water partition coefficient (Wildman–Crippen LogP) is 4.62. The Morgan fingerprint density at radius 2 is 1.57 bits per heavy atom. The van der Waals surface area contributed by atoms with E-state index >= 15 is 0 Å². The number of para-hydroxylation sites is 1. The number of hydrogen-bond donors (Lipinski definition) is 0. The van der Waals surface area contributed by atoms with Gasteiger partial charge in [0.15, 0.2) is 18.1 Å². The van der Waals surface area contributed by atoms with Crippen LogP contribution in [0.25, 0.3) is 0 Å². The van der Waals surface area contributed by atoms with Crippen LogP contribution in [0.4, 0.5) is 0 Å². The Bertz CT molecular complexity index is 972. The highest BCUT2D eigenvalue weighted by molar-refractivity contribution is 5.77. The SMILES string of the molecule is COc1cc(CN(C)C(=O)COc2ccccc2C)ccc1OCc1ccccc1. The molecule has 3 aromatic rings. The van der Waals surface area contributed by atoms with Crippen molar-refractivity contribution < 1.29 is 19.0 Å². The van der Waals surface area contributed by atoms with Gasteiger partial charge in [-0.1, -0.05) is 54.6 Å².